The molecule has 1 aromatic rings. The second kappa shape index (κ2) is 5.35. The van der Waals surface area contributed by atoms with Gasteiger partial charge in [-0.3, -0.25) is 0 Å². The van der Waals surface area contributed by atoms with Gasteiger partial charge in [0.05, 0.1) is 0 Å². The van der Waals surface area contributed by atoms with Gasteiger partial charge in [-0.05, 0) is 31.4 Å². The van der Waals surface area contributed by atoms with Gasteiger partial charge in [-0.1, -0.05) is 23.8 Å². The van der Waals surface area contributed by atoms with Gasteiger partial charge in [-0.25, -0.2) is 4.79 Å². The third kappa shape index (κ3) is 3.12. The molecule has 0 amide bonds. The average molecular weight is 220 g/mol. The van der Waals surface area contributed by atoms with Crippen molar-refractivity contribution in [2.45, 2.75) is 20.3 Å². The lowest BCUT2D eigenvalue weighted by atomic mass is 10.0. The van der Waals surface area contributed by atoms with Crippen LogP contribution in [0, 0.1) is 13.8 Å². The van der Waals surface area contributed by atoms with Crippen LogP contribution in [-0.4, -0.2) is 17.7 Å². The summed E-state index contributed by atoms with van der Waals surface area (Å²) in [4.78, 5) is 10.5. The maximum Gasteiger partial charge on any atom is 0.341 e. The number of carboxylic acid groups (broad SMARTS) is 1. The Bertz CT molecular complexity index is 408. The highest BCUT2D eigenvalue weighted by molar-refractivity contribution is 5.68. The van der Waals surface area contributed by atoms with E-state index in [1.807, 2.05) is 26.0 Å². The maximum absolute atomic E-state index is 10.5. The van der Waals surface area contributed by atoms with E-state index in [2.05, 4.69) is 6.58 Å². The molecule has 3 nitrogen and oxygen atoms in total. The summed E-state index contributed by atoms with van der Waals surface area (Å²) >= 11 is 0. The Labute approximate surface area is 95.4 Å². The van der Waals surface area contributed by atoms with Crippen LogP contribution in [0.3, 0.4) is 0 Å². The molecule has 3 heteroatoms. The molecule has 0 unspecified atom stereocenters. The number of benzene rings is 1. The standard InChI is InChI=1S/C13H16O3/c1-4-5-11-7-9(2)6-10(3)13(11)16-8-12(14)15/h4,6-7H,1,5,8H2,2-3H3,(H,14,15). The van der Waals surface area contributed by atoms with Crippen LogP contribution >= 0.6 is 0 Å². The fourth-order valence-electron chi connectivity index (χ4n) is 1.69. The number of hydrogen-bond donors (Lipinski definition) is 1. The lowest BCUT2D eigenvalue weighted by Crippen LogP contribution is -2.11. The van der Waals surface area contributed by atoms with Crippen LogP contribution < -0.4 is 4.74 Å². The maximum atomic E-state index is 10.5. The Morgan fingerprint density at radius 2 is 2.19 bits per heavy atom. The molecule has 0 radical (unpaired) electrons. The third-order valence-electron chi connectivity index (χ3n) is 2.20. The van der Waals surface area contributed by atoms with E-state index < -0.39 is 5.97 Å². The second-order valence-electron chi connectivity index (χ2n) is 3.75. The van der Waals surface area contributed by atoms with Crippen LogP contribution in [0.5, 0.6) is 5.75 Å². The van der Waals surface area contributed by atoms with Crippen LogP contribution in [0.25, 0.3) is 0 Å². The van der Waals surface area contributed by atoms with Gasteiger partial charge in [-0.2, -0.15) is 0 Å². The van der Waals surface area contributed by atoms with Crippen molar-refractivity contribution in [2.75, 3.05) is 6.61 Å². The van der Waals surface area contributed by atoms with Gasteiger partial charge >= 0.3 is 5.97 Å². The number of ether oxygens (including phenoxy) is 1. The highest BCUT2D eigenvalue weighted by Gasteiger charge is 2.09. The Hall–Kier alpha value is -1.77. The molecule has 0 aliphatic heterocycles. The molecule has 0 saturated carbocycles. The summed E-state index contributed by atoms with van der Waals surface area (Å²) in [5, 5.41) is 8.60. The monoisotopic (exact) mass is 220 g/mol. The first-order valence-corrected chi connectivity index (χ1v) is 5.10. The van der Waals surface area contributed by atoms with Crippen molar-refractivity contribution in [2.24, 2.45) is 0 Å². The van der Waals surface area contributed by atoms with E-state index in [-0.39, 0.29) is 6.61 Å². The van der Waals surface area contributed by atoms with Gasteiger partial charge in [0.1, 0.15) is 5.75 Å². The summed E-state index contributed by atoms with van der Waals surface area (Å²) in [5.41, 5.74) is 3.07. The zero-order valence-electron chi connectivity index (χ0n) is 9.62. The number of allylic oxidation sites excluding steroid dienone is 1. The molecule has 0 bridgehead atoms. The van der Waals surface area contributed by atoms with E-state index in [4.69, 9.17) is 9.84 Å². The summed E-state index contributed by atoms with van der Waals surface area (Å²) in [7, 11) is 0. The first-order chi connectivity index (χ1) is 7.54. The fraction of sp³-hybridized carbons (Fsp3) is 0.308. The Morgan fingerprint density at radius 3 is 2.75 bits per heavy atom. The Morgan fingerprint density at radius 1 is 1.50 bits per heavy atom. The first-order valence-electron chi connectivity index (χ1n) is 5.10. The molecule has 0 aromatic heterocycles. The van der Waals surface area contributed by atoms with Gasteiger partial charge in [0, 0.05) is 0 Å². The minimum atomic E-state index is -0.968. The number of carbonyl (C=O) groups is 1. The highest BCUT2D eigenvalue weighted by Crippen LogP contribution is 2.26. The van der Waals surface area contributed by atoms with E-state index in [9.17, 15) is 4.79 Å². The number of carboxylic acids is 1. The smallest absolute Gasteiger partial charge is 0.341 e. The molecular formula is C13H16O3. The number of hydrogen-bond acceptors (Lipinski definition) is 2. The highest BCUT2D eigenvalue weighted by atomic mass is 16.5. The summed E-state index contributed by atoms with van der Waals surface area (Å²) in [6, 6.07) is 3.97. The van der Waals surface area contributed by atoms with Crippen molar-refractivity contribution in [1.82, 2.24) is 0 Å². The van der Waals surface area contributed by atoms with Gasteiger partial charge < -0.3 is 9.84 Å². The molecule has 0 aliphatic rings. The van der Waals surface area contributed by atoms with Crippen molar-refractivity contribution in [1.29, 1.82) is 0 Å². The predicted octanol–water partition coefficient (Wildman–Crippen LogP) is 2.50. The quantitative estimate of drug-likeness (QED) is 0.775. The molecule has 1 rings (SSSR count). The normalized spacial score (nSPS) is 9.88. The van der Waals surface area contributed by atoms with Crippen molar-refractivity contribution in [3.8, 4) is 5.75 Å². The average Bonchev–Trinajstić information content (AvgIpc) is 2.16. The molecule has 86 valence electrons. The van der Waals surface area contributed by atoms with E-state index in [1.54, 1.807) is 6.08 Å². The molecule has 0 fully saturated rings. The van der Waals surface area contributed by atoms with Crippen LogP contribution in [-0.2, 0) is 11.2 Å². The number of aliphatic carboxylic acids is 1. The zero-order chi connectivity index (χ0) is 12.1. The lowest BCUT2D eigenvalue weighted by Gasteiger charge is -2.13. The minimum absolute atomic E-state index is 0.311. The largest absolute Gasteiger partial charge is 0.481 e. The van der Waals surface area contributed by atoms with E-state index in [0.717, 1.165) is 16.7 Å². The third-order valence-corrected chi connectivity index (χ3v) is 2.20. The zero-order valence-corrected chi connectivity index (χ0v) is 9.62. The van der Waals surface area contributed by atoms with Crippen LogP contribution in [0.4, 0.5) is 0 Å². The predicted molar refractivity (Wildman–Crippen MR) is 62.9 cm³/mol. The van der Waals surface area contributed by atoms with Crippen LogP contribution in [0.15, 0.2) is 24.8 Å². The molecule has 0 heterocycles. The van der Waals surface area contributed by atoms with Gasteiger partial charge in [0.2, 0.25) is 0 Å². The fourth-order valence-corrected chi connectivity index (χ4v) is 1.69. The molecule has 0 saturated heterocycles. The van der Waals surface area contributed by atoms with E-state index >= 15 is 0 Å². The second-order valence-corrected chi connectivity index (χ2v) is 3.75. The molecular weight excluding hydrogens is 204 g/mol. The molecule has 0 atom stereocenters. The first kappa shape index (κ1) is 12.3. The SMILES string of the molecule is C=CCc1cc(C)cc(C)c1OCC(=O)O. The van der Waals surface area contributed by atoms with Gasteiger partial charge in [0.15, 0.2) is 6.61 Å². The van der Waals surface area contributed by atoms with Crippen LogP contribution in [0.2, 0.25) is 0 Å². The number of aryl methyl sites for hydroxylation is 2. The summed E-state index contributed by atoms with van der Waals surface area (Å²) in [6.45, 7) is 7.28. The number of rotatable bonds is 5. The van der Waals surface area contributed by atoms with E-state index in [0.29, 0.717) is 12.2 Å². The molecule has 0 spiro atoms. The summed E-state index contributed by atoms with van der Waals surface area (Å²) < 4.78 is 5.29. The van der Waals surface area contributed by atoms with Gasteiger partial charge in [0.25, 0.3) is 0 Å². The van der Waals surface area contributed by atoms with Crippen LogP contribution in [0.1, 0.15) is 16.7 Å². The van der Waals surface area contributed by atoms with Crippen molar-refractivity contribution < 1.29 is 14.6 Å². The minimum Gasteiger partial charge on any atom is -0.481 e. The Kier molecular flexibility index (Phi) is 4.11. The topological polar surface area (TPSA) is 46.5 Å². The molecule has 0 aliphatic carbocycles. The summed E-state index contributed by atoms with van der Waals surface area (Å²) in [5.74, 6) is -0.308. The Balaban J connectivity index is 3.03. The van der Waals surface area contributed by atoms with Crippen molar-refractivity contribution in [3.05, 3.63) is 41.5 Å². The van der Waals surface area contributed by atoms with E-state index in [1.165, 1.54) is 0 Å². The van der Waals surface area contributed by atoms with Crippen molar-refractivity contribution >= 4 is 5.97 Å². The summed E-state index contributed by atoms with van der Waals surface area (Å²) in [6.07, 6.45) is 2.46. The lowest BCUT2D eigenvalue weighted by molar-refractivity contribution is -0.139. The molecule has 16 heavy (non-hydrogen) atoms. The van der Waals surface area contributed by atoms with Crippen molar-refractivity contribution in [3.63, 3.8) is 0 Å². The van der Waals surface area contributed by atoms with Gasteiger partial charge in [-0.15, -0.1) is 6.58 Å². The molecule has 1 N–H and O–H groups in total. The molecule has 1 aromatic carbocycles.